The first-order valence-electron chi connectivity index (χ1n) is 5.62. The van der Waals surface area contributed by atoms with Gasteiger partial charge >= 0.3 is 0 Å². The Morgan fingerprint density at radius 1 is 1.28 bits per heavy atom. The zero-order chi connectivity index (χ0) is 13.0. The van der Waals surface area contributed by atoms with Crippen molar-refractivity contribution in [1.82, 2.24) is 10.3 Å². The van der Waals surface area contributed by atoms with Crippen molar-refractivity contribution in [1.29, 1.82) is 0 Å². The van der Waals surface area contributed by atoms with E-state index in [2.05, 4.69) is 10.3 Å². The molecule has 1 heterocycles. The molecule has 0 aliphatic heterocycles. The molecule has 0 bridgehead atoms. The predicted molar refractivity (Wildman–Crippen MR) is 72.3 cm³/mol. The Kier molecular flexibility index (Phi) is 3.95. The van der Waals surface area contributed by atoms with Crippen molar-refractivity contribution < 1.29 is 4.79 Å². The van der Waals surface area contributed by atoms with Crippen LogP contribution in [0.15, 0.2) is 42.7 Å². The summed E-state index contributed by atoms with van der Waals surface area (Å²) in [5, 5.41) is 3.34. The van der Waals surface area contributed by atoms with Crippen LogP contribution in [0.4, 0.5) is 0 Å². The minimum atomic E-state index is 0.00413. The molecule has 4 heteroatoms. The Balaban J connectivity index is 2.28. The van der Waals surface area contributed by atoms with E-state index >= 15 is 0 Å². The standard InChI is InChI=1S/C14H13ClN2O/c1-10(17-9-18)11-2-4-12(5-3-11)13-6-7-16-8-14(13)15/h2-10H,1H3,(H,17,18). The molecule has 1 amide bonds. The molecule has 92 valence electrons. The molecule has 1 aromatic carbocycles. The number of hydrogen-bond donors (Lipinski definition) is 1. The predicted octanol–water partition coefficient (Wildman–Crippen LogP) is 3.21. The highest BCUT2D eigenvalue weighted by atomic mass is 35.5. The third-order valence-corrected chi connectivity index (χ3v) is 3.11. The van der Waals surface area contributed by atoms with E-state index in [4.69, 9.17) is 11.6 Å². The van der Waals surface area contributed by atoms with Crippen molar-refractivity contribution in [2.75, 3.05) is 0 Å². The van der Waals surface area contributed by atoms with Gasteiger partial charge < -0.3 is 5.32 Å². The number of carbonyl (C=O) groups excluding carboxylic acids is 1. The molecule has 1 unspecified atom stereocenters. The second kappa shape index (κ2) is 5.65. The van der Waals surface area contributed by atoms with Gasteiger partial charge in [-0.15, -0.1) is 0 Å². The lowest BCUT2D eigenvalue weighted by Gasteiger charge is -2.11. The van der Waals surface area contributed by atoms with E-state index in [0.717, 1.165) is 16.7 Å². The van der Waals surface area contributed by atoms with Crippen molar-refractivity contribution in [2.45, 2.75) is 13.0 Å². The molecule has 1 aromatic heterocycles. The molecule has 2 rings (SSSR count). The monoisotopic (exact) mass is 260 g/mol. The Morgan fingerprint density at radius 3 is 2.61 bits per heavy atom. The summed E-state index contributed by atoms with van der Waals surface area (Å²) >= 11 is 6.09. The van der Waals surface area contributed by atoms with E-state index in [1.54, 1.807) is 12.4 Å². The summed E-state index contributed by atoms with van der Waals surface area (Å²) in [4.78, 5) is 14.3. The summed E-state index contributed by atoms with van der Waals surface area (Å²) in [6, 6.07) is 9.81. The van der Waals surface area contributed by atoms with Crippen LogP contribution in [-0.4, -0.2) is 11.4 Å². The average Bonchev–Trinajstić information content (AvgIpc) is 2.40. The lowest BCUT2D eigenvalue weighted by molar-refractivity contribution is -0.110. The minimum Gasteiger partial charge on any atom is -0.352 e. The van der Waals surface area contributed by atoms with Crippen LogP contribution in [0.1, 0.15) is 18.5 Å². The highest BCUT2D eigenvalue weighted by Crippen LogP contribution is 2.27. The third-order valence-electron chi connectivity index (χ3n) is 2.81. The lowest BCUT2D eigenvalue weighted by Crippen LogP contribution is -2.15. The van der Waals surface area contributed by atoms with E-state index in [1.165, 1.54) is 0 Å². The fraction of sp³-hybridized carbons (Fsp3) is 0.143. The highest BCUT2D eigenvalue weighted by Gasteiger charge is 2.06. The summed E-state index contributed by atoms with van der Waals surface area (Å²) in [6.45, 7) is 1.93. The van der Waals surface area contributed by atoms with Gasteiger partial charge in [-0.3, -0.25) is 9.78 Å². The number of nitrogens with zero attached hydrogens (tertiary/aromatic N) is 1. The maximum absolute atomic E-state index is 10.4. The molecule has 0 saturated heterocycles. The number of carbonyl (C=O) groups is 1. The van der Waals surface area contributed by atoms with Gasteiger partial charge in [0.25, 0.3) is 0 Å². The van der Waals surface area contributed by atoms with Gasteiger partial charge in [0.05, 0.1) is 11.1 Å². The van der Waals surface area contributed by atoms with Crippen LogP contribution < -0.4 is 5.32 Å². The van der Waals surface area contributed by atoms with Crippen molar-refractivity contribution in [3.8, 4) is 11.1 Å². The van der Waals surface area contributed by atoms with E-state index in [0.29, 0.717) is 11.4 Å². The zero-order valence-corrected chi connectivity index (χ0v) is 10.7. The number of rotatable bonds is 4. The van der Waals surface area contributed by atoms with Gasteiger partial charge in [0, 0.05) is 18.0 Å². The molecule has 1 atom stereocenters. The van der Waals surface area contributed by atoms with E-state index < -0.39 is 0 Å². The summed E-state index contributed by atoms with van der Waals surface area (Å²) in [5.41, 5.74) is 3.04. The fourth-order valence-corrected chi connectivity index (χ4v) is 1.99. The average molecular weight is 261 g/mol. The minimum absolute atomic E-state index is 0.00413. The van der Waals surface area contributed by atoms with Gasteiger partial charge in [0.2, 0.25) is 6.41 Å². The van der Waals surface area contributed by atoms with Gasteiger partial charge in [-0.25, -0.2) is 0 Å². The van der Waals surface area contributed by atoms with E-state index in [9.17, 15) is 4.79 Å². The maximum atomic E-state index is 10.4. The van der Waals surface area contributed by atoms with Gasteiger partial charge in [-0.2, -0.15) is 0 Å². The number of halogens is 1. The largest absolute Gasteiger partial charge is 0.352 e. The number of pyridine rings is 1. The molecule has 0 radical (unpaired) electrons. The lowest BCUT2D eigenvalue weighted by atomic mass is 10.0. The van der Waals surface area contributed by atoms with Crippen molar-refractivity contribution in [3.63, 3.8) is 0 Å². The molecule has 18 heavy (non-hydrogen) atoms. The van der Waals surface area contributed by atoms with Crippen LogP contribution in [0.3, 0.4) is 0 Å². The molecular formula is C14H13ClN2O. The number of amides is 1. The molecule has 0 saturated carbocycles. The molecule has 3 nitrogen and oxygen atoms in total. The Labute approximate surface area is 111 Å². The van der Waals surface area contributed by atoms with Gasteiger partial charge in [-0.05, 0) is 24.1 Å². The number of benzene rings is 1. The Morgan fingerprint density at radius 2 is 2.00 bits per heavy atom. The molecular weight excluding hydrogens is 248 g/mol. The third kappa shape index (κ3) is 2.68. The summed E-state index contributed by atoms with van der Waals surface area (Å²) < 4.78 is 0. The normalized spacial score (nSPS) is 11.9. The summed E-state index contributed by atoms with van der Waals surface area (Å²) in [6.07, 6.45) is 4.05. The molecule has 0 aliphatic rings. The van der Waals surface area contributed by atoms with Crippen LogP contribution in [0.2, 0.25) is 5.02 Å². The van der Waals surface area contributed by atoms with Crippen molar-refractivity contribution in [2.24, 2.45) is 0 Å². The van der Waals surface area contributed by atoms with Crippen molar-refractivity contribution >= 4 is 18.0 Å². The fourth-order valence-electron chi connectivity index (χ4n) is 1.76. The van der Waals surface area contributed by atoms with E-state index in [1.807, 2.05) is 37.3 Å². The van der Waals surface area contributed by atoms with Crippen LogP contribution in [0, 0.1) is 0 Å². The first kappa shape index (κ1) is 12.6. The van der Waals surface area contributed by atoms with Gasteiger partial charge in [0.1, 0.15) is 0 Å². The van der Waals surface area contributed by atoms with Gasteiger partial charge in [-0.1, -0.05) is 35.9 Å². The zero-order valence-electron chi connectivity index (χ0n) is 9.93. The summed E-state index contributed by atoms with van der Waals surface area (Å²) in [5.74, 6) is 0. The number of aromatic nitrogens is 1. The Hall–Kier alpha value is -1.87. The van der Waals surface area contributed by atoms with Crippen LogP contribution >= 0.6 is 11.6 Å². The maximum Gasteiger partial charge on any atom is 0.207 e. The molecule has 1 N–H and O–H groups in total. The topological polar surface area (TPSA) is 42.0 Å². The van der Waals surface area contributed by atoms with Gasteiger partial charge in [0.15, 0.2) is 0 Å². The highest BCUT2D eigenvalue weighted by molar-refractivity contribution is 6.33. The first-order valence-corrected chi connectivity index (χ1v) is 5.99. The summed E-state index contributed by atoms with van der Waals surface area (Å²) in [7, 11) is 0. The van der Waals surface area contributed by atoms with Crippen molar-refractivity contribution in [3.05, 3.63) is 53.3 Å². The Bertz CT molecular complexity index is 540. The van der Waals surface area contributed by atoms with Crippen LogP contribution in [-0.2, 0) is 4.79 Å². The molecule has 2 aromatic rings. The second-order valence-electron chi connectivity index (χ2n) is 3.98. The number of nitrogens with one attached hydrogen (secondary N) is 1. The molecule has 0 fully saturated rings. The second-order valence-corrected chi connectivity index (χ2v) is 4.39. The smallest absolute Gasteiger partial charge is 0.207 e. The number of hydrogen-bond acceptors (Lipinski definition) is 2. The molecule has 0 aliphatic carbocycles. The first-order chi connectivity index (χ1) is 8.72. The SMILES string of the molecule is CC(NC=O)c1ccc(-c2ccncc2Cl)cc1. The quantitative estimate of drug-likeness (QED) is 0.858. The van der Waals surface area contributed by atoms with E-state index in [-0.39, 0.29) is 6.04 Å². The molecule has 0 spiro atoms. The van der Waals surface area contributed by atoms with Crippen LogP contribution in [0.25, 0.3) is 11.1 Å². The van der Waals surface area contributed by atoms with Crippen LogP contribution in [0.5, 0.6) is 0 Å².